The van der Waals surface area contributed by atoms with E-state index in [1.54, 1.807) is 0 Å². The van der Waals surface area contributed by atoms with Gasteiger partial charge in [0.05, 0.1) is 0 Å². The summed E-state index contributed by atoms with van der Waals surface area (Å²) in [6, 6.07) is 22.3. The van der Waals surface area contributed by atoms with Gasteiger partial charge in [-0.05, 0) is 62.2 Å². The van der Waals surface area contributed by atoms with Crippen LogP contribution in [0.1, 0.15) is 42.9 Å². The molecule has 0 amide bonds. The van der Waals surface area contributed by atoms with Gasteiger partial charge in [0.25, 0.3) is 0 Å². The van der Waals surface area contributed by atoms with Gasteiger partial charge >= 0.3 is 0 Å². The maximum Gasteiger partial charge on any atom is 0.0431 e. The van der Waals surface area contributed by atoms with Gasteiger partial charge in [0.2, 0.25) is 0 Å². The number of hydrogen-bond acceptors (Lipinski definition) is 2. The first-order chi connectivity index (χ1) is 11.9. The van der Waals surface area contributed by atoms with Crippen molar-refractivity contribution in [2.24, 2.45) is 5.92 Å². The molecule has 2 heteroatoms. The second-order valence-electron chi connectivity index (χ2n) is 6.96. The smallest absolute Gasteiger partial charge is 0.0431 e. The van der Waals surface area contributed by atoms with Crippen molar-refractivity contribution in [1.82, 2.24) is 4.90 Å². The summed E-state index contributed by atoms with van der Waals surface area (Å²) in [6.45, 7) is 2.67. The number of rotatable bonds is 7. The van der Waals surface area contributed by atoms with Crippen molar-refractivity contribution < 1.29 is 5.11 Å². The highest BCUT2D eigenvalue weighted by atomic mass is 16.2. The molecule has 2 aromatic rings. The number of aliphatic hydroxyl groups excluding tert-OH is 1. The maximum atomic E-state index is 9.04. The second-order valence-corrected chi connectivity index (χ2v) is 6.96. The maximum absolute atomic E-state index is 9.04. The average molecular weight is 323 g/mol. The summed E-state index contributed by atoms with van der Waals surface area (Å²) < 4.78 is 0. The Labute approximate surface area is 146 Å². The third kappa shape index (κ3) is 4.68. The van der Waals surface area contributed by atoms with Crippen molar-refractivity contribution in [3.05, 3.63) is 71.8 Å². The van der Waals surface area contributed by atoms with Crippen molar-refractivity contribution in [3.63, 3.8) is 0 Å². The predicted molar refractivity (Wildman–Crippen MR) is 99.9 cm³/mol. The van der Waals surface area contributed by atoms with E-state index in [-0.39, 0.29) is 0 Å². The quantitative estimate of drug-likeness (QED) is 0.813. The van der Waals surface area contributed by atoms with Gasteiger partial charge in [0.1, 0.15) is 0 Å². The summed E-state index contributed by atoms with van der Waals surface area (Å²) in [5, 5.41) is 9.04. The minimum Gasteiger partial charge on any atom is -0.396 e. The number of nitrogens with zero attached hydrogens (tertiary/aromatic N) is 1. The molecule has 0 aliphatic carbocycles. The third-order valence-electron chi connectivity index (χ3n) is 5.32. The van der Waals surface area contributed by atoms with Gasteiger partial charge in [-0.1, -0.05) is 60.7 Å². The van der Waals surface area contributed by atoms with Gasteiger partial charge in [-0.15, -0.1) is 0 Å². The average Bonchev–Trinajstić information content (AvgIpc) is 2.66. The molecule has 0 spiro atoms. The number of benzene rings is 2. The molecule has 2 nitrogen and oxygen atoms in total. The minimum absolute atomic E-state index is 0.334. The lowest BCUT2D eigenvalue weighted by atomic mass is 9.89. The van der Waals surface area contributed by atoms with Crippen LogP contribution in [0, 0.1) is 5.92 Å². The van der Waals surface area contributed by atoms with Crippen molar-refractivity contribution >= 4 is 0 Å². The molecule has 1 atom stereocenters. The zero-order valence-corrected chi connectivity index (χ0v) is 14.5. The van der Waals surface area contributed by atoms with Gasteiger partial charge in [-0.3, -0.25) is 4.90 Å². The van der Waals surface area contributed by atoms with E-state index in [0.29, 0.717) is 12.6 Å². The standard InChI is InChI=1S/C22H29NO/c24-17-7-10-19-13-15-23(16-14-19)22(21-11-5-2-6-12-21)18-20-8-3-1-4-9-20/h1-6,8-9,11-12,19,22,24H,7,10,13-18H2. The van der Waals surface area contributed by atoms with E-state index in [4.69, 9.17) is 5.11 Å². The molecule has 128 valence electrons. The van der Waals surface area contributed by atoms with Crippen LogP contribution in [-0.4, -0.2) is 29.7 Å². The highest BCUT2D eigenvalue weighted by molar-refractivity contribution is 5.24. The van der Waals surface area contributed by atoms with E-state index in [2.05, 4.69) is 65.6 Å². The Morgan fingerprint density at radius 1 is 0.917 bits per heavy atom. The zero-order chi connectivity index (χ0) is 16.6. The van der Waals surface area contributed by atoms with Gasteiger partial charge in [0, 0.05) is 12.6 Å². The largest absolute Gasteiger partial charge is 0.396 e. The van der Waals surface area contributed by atoms with Crippen molar-refractivity contribution in [1.29, 1.82) is 0 Å². The van der Waals surface area contributed by atoms with E-state index in [1.807, 2.05) is 0 Å². The van der Waals surface area contributed by atoms with Crippen LogP contribution in [0.15, 0.2) is 60.7 Å². The summed E-state index contributed by atoms with van der Waals surface area (Å²) in [4.78, 5) is 2.66. The molecule has 0 radical (unpaired) electrons. The lowest BCUT2D eigenvalue weighted by molar-refractivity contribution is 0.124. The summed E-state index contributed by atoms with van der Waals surface area (Å²) in [5.74, 6) is 0.793. The van der Waals surface area contributed by atoms with Gasteiger partial charge in [-0.25, -0.2) is 0 Å². The van der Waals surface area contributed by atoms with Crippen LogP contribution in [0.2, 0.25) is 0 Å². The minimum atomic E-state index is 0.334. The normalized spacial score (nSPS) is 17.7. The van der Waals surface area contributed by atoms with Crippen LogP contribution in [0.25, 0.3) is 0 Å². The lowest BCUT2D eigenvalue weighted by Crippen LogP contribution is -2.37. The van der Waals surface area contributed by atoms with E-state index >= 15 is 0 Å². The molecular formula is C22H29NO. The van der Waals surface area contributed by atoms with E-state index < -0.39 is 0 Å². The number of likely N-dealkylation sites (tertiary alicyclic amines) is 1. The molecule has 1 fully saturated rings. The SMILES string of the molecule is OCCCC1CCN(C(Cc2ccccc2)c2ccccc2)CC1. The van der Waals surface area contributed by atoms with Crippen LogP contribution >= 0.6 is 0 Å². The Hall–Kier alpha value is -1.64. The molecule has 2 aromatic carbocycles. The topological polar surface area (TPSA) is 23.5 Å². The van der Waals surface area contributed by atoms with Crippen molar-refractivity contribution in [3.8, 4) is 0 Å². The highest BCUT2D eigenvalue weighted by Crippen LogP contribution is 2.31. The molecule has 1 saturated heterocycles. The number of aliphatic hydroxyl groups is 1. The second kappa shape index (κ2) is 9.00. The molecule has 0 saturated carbocycles. The summed E-state index contributed by atoms with van der Waals surface area (Å²) in [6.07, 6.45) is 5.73. The van der Waals surface area contributed by atoms with E-state index in [0.717, 1.165) is 18.8 Å². The van der Waals surface area contributed by atoms with Crippen molar-refractivity contribution in [2.75, 3.05) is 19.7 Å². The van der Waals surface area contributed by atoms with Crippen LogP contribution < -0.4 is 0 Å². The predicted octanol–water partition coefficient (Wildman–Crippen LogP) is 4.45. The van der Waals surface area contributed by atoms with Crippen molar-refractivity contribution in [2.45, 2.75) is 38.1 Å². The molecule has 0 bridgehead atoms. The molecular weight excluding hydrogens is 294 g/mol. The Balaban J connectivity index is 1.69. The zero-order valence-electron chi connectivity index (χ0n) is 14.5. The molecule has 1 unspecified atom stereocenters. The number of piperidine rings is 1. The van der Waals surface area contributed by atoms with Crippen LogP contribution in [0.4, 0.5) is 0 Å². The Morgan fingerprint density at radius 2 is 1.54 bits per heavy atom. The van der Waals surface area contributed by atoms with Crippen LogP contribution in [-0.2, 0) is 6.42 Å². The Kier molecular flexibility index (Phi) is 6.45. The molecule has 3 rings (SSSR count). The fraction of sp³-hybridized carbons (Fsp3) is 0.455. The highest BCUT2D eigenvalue weighted by Gasteiger charge is 2.26. The third-order valence-corrected chi connectivity index (χ3v) is 5.32. The van der Waals surface area contributed by atoms with Crippen LogP contribution in [0.5, 0.6) is 0 Å². The van der Waals surface area contributed by atoms with E-state index in [1.165, 1.54) is 43.5 Å². The number of hydrogen-bond donors (Lipinski definition) is 1. The first-order valence-electron chi connectivity index (χ1n) is 9.30. The Morgan fingerprint density at radius 3 is 2.17 bits per heavy atom. The van der Waals surface area contributed by atoms with E-state index in [9.17, 15) is 0 Å². The molecule has 24 heavy (non-hydrogen) atoms. The van der Waals surface area contributed by atoms with Crippen LogP contribution in [0.3, 0.4) is 0 Å². The van der Waals surface area contributed by atoms with Gasteiger partial charge in [-0.2, -0.15) is 0 Å². The Bertz CT molecular complexity index is 575. The summed E-state index contributed by atoms with van der Waals surface area (Å²) in [7, 11) is 0. The van der Waals surface area contributed by atoms with Gasteiger partial charge in [0.15, 0.2) is 0 Å². The molecule has 1 aliphatic heterocycles. The lowest BCUT2D eigenvalue weighted by Gasteiger charge is -2.38. The fourth-order valence-corrected chi connectivity index (χ4v) is 3.90. The first kappa shape index (κ1) is 17.2. The summed E-state index contributed by atoms with van der Waals surface area (Å²) in [5.41, 5.74) is 2.84. The molecule has 1 N–H and O–H groups in total. The fourth-order valence-electron chi connectivity index (χ4n) is 3.90. The molecule has 0 aromatic heterocycles. The summed E-state index contributed by atoms with van der Waals surface area (Å²) >= 11 is 0. The molecule has 1 aliphatic rings. The molecule has 1 heterocycles. The van der Waals surface area contributed by atoms with Gasteiger partial charge < -0.3 is 5.11 Å². The monoisotopic (exact) mass is 323 g/mol. The first-order valence-corrected chi connectivity index (χ1v) is 9.30.